The first-order valence-corrected chi connectivity index (χ1v) is 12.3. The molecule has 37 heavy (non-hydrogen) atoms. The van der Waals surface area contributed by atoms with E-state index in [0.29, 0.717) is 47.3 Å². The van der Waals surface area contributed by atoms with Gasteiger partial charge in [0, 0.05) is 21.3 Å². The predicted octanol–water partition coefficient (Wildman–Crippen LogP) is 5.50. The first kappa shape index (κ1) is 27.5. The largest absolute Gasteiger partial charge is 0.490 e. The third-order valence-corrected chi connectivity index (χ3v) is 5.36. The van der Waals surface area contributed by atoms with Crippen LogP contribution in [0.4, 0.5) is 5.69 Å². The lowest BCUT2D eigenvalue weighted by atomic mass is 10.2. The van der Waals surface area contributed by atoms with Crippen molar-refractivity contribution in [2.24, 2.45) is 5.10 Å². The summed E-state index contributed by atoms with van der Waals surface area (Å²) in [5.41, 5.74) is 5.16. The lowest BCUT2D eigenvalue weighted by Crippen LogP contribution is -2.20. The molecule has 0 bridgehead atoms. The average Bonchev–Trinajstić information content (AvgIpc) is 2.87. The van der Waals surface area contributed by atoms with Crippen molar-refractivity contribution in [1.82, 2.24) is 5.43 Å². The third-order valence-electron chi connectivity index (χ3n) is 4.86. The van der Waals surface area contributed by atoms with E-state index in [-0.39, 0.29) is 12.5 Å². The van der Waals surface area contributed by atoms with Gasteiger partial charge in [-0.2, -0.15) is 5.10 Å². The summed E-state index contributed by atoms with van der Waals surface area (Å²) in [6.07, 6.45) is 3.07. The van der Waals surface area contributed by atoms with Crippen LogP contribution in [0, 0.1) is 6.92 Å². The van der Waals surface area contributed by atoms with E-state index in [0.717, 1.165) is 10.0 Å². The highest BCUT2D eigenvalue weighted by Gasteiger charge is 2.12. The van der Waals surface area contributed by atoms with Crippen LogP contribution in [-0.2, 0) is 4.79 Å². The fourth-order valence-corrected chi connectivity index (χ4v) is 3.60. The van der Waals surface area contributed by atoms with Crippen LogP contribution in [0.3, 0.4) is 0 Å². The number of aryl methyl sites for hydroxylation is 1. The van der Waals surface area contributed by atoms with Gasteiger partial charge in [-0.05, 0) is 67.9 Å². The zero-order valence-corrected chi connectivity index (χ0v) is 22.2. The number of carbonyl (C=O) groups is 2. The second-order valence-electron chi connectivity index (χ2n) is 7.78. The number of hydrazone groups is 1. The van der Waals surface area contributed by atoms with Crippen molar-refractivity contribution in [2.45, 2.75) is 13.8 Å². The predicted molar refractivity (Wildman–Crippen MR) is 148 cm³/mol. The number of amides is 2. The Kier molecular flexibility index (Phi) is 10.3. The maximum Gasteiger partial charge on any atom is 0.271 e. The Morgan fingerprint density at radius 1 is 1.00 bits per heavy atom. The molecule has 2 amide bonds. The van der Waals surface area contributed by atoms with Crippen molar-refractivity contribution >= 4 is 39.6 Å². The summed E-state index contributed by atoms with van der Waals surface area (Å²) in [6, 6.07) is 17.6. The Labute approximate surface area is 224 Å². The smallest absolute Gasteiger partial charge is 0.271 e. The standard InChI is InChI=1S/C28H28BrN3O5/c1-4-13-36-25-11-9-20(16-26(25)35-5-2)28(34)32-30-17-21-15-22(29)10-12-24(21)37-18-27(33)31-23-8-6-7-19(3)14-23/h4,6-12,14-17H,1,5,13,18H2,2-3H3,(H,31,33)(H,32,34)/b30-17+. The maximum atomic E-state index is 12.7. The molecule has 0 aliphatic carbocycles. The molecule has 192 valence electrons. The third kappa shape index (κ3) is 8.50. The molecule has 0 heterocycles. The van der Waals surface area contributed by atoms with Crippen molar-refractivity contribution in [1.29, 1.82) is 0 Å². The van der Waals surface area contributed by atoms with Crippen molar-refractivity contribution in [3.63, 3.8) is 0 Å². The van der Waals surface area contributed by atoms with Crippen LogP contribution in [0.25, 0.3) is 0 Å². The first-order chi connectivity index (χ1) is 17.9. The van der Waals surface area contributed by atoms with Gasteiger partial charge in [0.25, 0.3) is 11.8 Å². The van der Waals surface area contributed by atoms with E-state index < -0.39 is 5.91 Å². The summed E-state index contributed by atoms with van der Waals surface area (Å²) in [7, 11) is 0. The minimum atomic E-state index is -0.428. The summed E-state index contributed by atoms with van der Waals surface area (Å²) >= 11 is 3.42. The molecule has 0 aliphatic heterocycles. The van der Waals surface area contributed by atoms with Crippen LogP contribution in [0.2, 0.25) is 0 Å². The van der Waals surface area contributed by atoms with Crippen LogP contribution in [0.5, 0.6) is 17.2 Å². The quantitative estimate of drug-likeness (QED) is 0.171. The molecule has 0 aromatic heterocycles. The van der Waals surface area contributed by atoms with Crippen LogP contribution in [0.1, 0.15) is 28.4 Å². The van der Waals surface area contributed by atoms with Crippen LogP contribution >= 0.6 is 15.9 Å². The van der Waals surface area contributed by atoms with Gasteiger partial charge in [-0.1, -0.05) is 40.7 Å². The highest BCUT2D eigenvalue weighted by atomic mass is 79.9. The number of carbonyl (C=O) groups excluding carboxylic acids is 2. The molecule has 9 heteroatoms. The molecular weight excluding hydrogens is 538 g/mol. The first-order valence-electron chi connectivity index (χ1n) is 11.5. The molecule has 3 aromatic carbocycles. The van der Waals surface area contributed by atoms with E-state index in [1.165, 1.54) is 6.21 Å². The Morgan fingerprint density at radius 2 is 1.81 bits per heavy atom. The van der Waals surface area contributed by atoms with Gasteiger partial charge in [0.05, 0.1) is 12.8 Å². The normalized spacial score (nSPS) is 10.6. The van der Waals surface area contributed by atoms with E-state index in [2.05, 4.69) is 38.4 Å². The highest BCUT2D eigenvalue weighted by molar-refractivity contribution is 9.10. The zero-order valence-electron chi connectivity index (χ0n) is 20.6. The minimum absolute atomic E-state index is 0.191. The summed E-state index contributed by atoms with van der Waals surface area (Å²) in [4.78, 5) is 25.0. The number of rotatable bonds is 12. The number of nitrogens with zero attached hydrogens (tertiary/aromatic N) is 1. The molecule has 0 unspecified atom stereocenters. The summed E-state index contributed by atoms with van der Waals surface area (Å²) < 4.78 is 17.6. The van der Waals surface area contributed by atoms with Crippen LogP contribution in [0.15, 0.2) is 82.9 Å². The Morgan fingerprint density at radius 3 is 2.57 bits per heavy atom. The number of benzene rings is 3. The molecule has 0 aliphatic rings. The fourth-order valence-electron chi connectivity index (χ4n) is 3.23. The van der Waals surface area contributed by atoms with Gasteiger partial charge in [0.15, 0.2) is 18.1 Å². The van der Waals surface area contributed by atoms with E-state index in [1.54, 1.807) is 42.5 Å². The monoisotopic (exact) mass is 565 g/mol. The van der Waals surface area contributed by atoms with E-state index in [4.69, 9.17) is 14.2 Å². The number of hydrogen-bond donors (Lipinski definition) is 2. The van der Waals surface area contributed by atoms with Gasteiger partial charge in [0.1, 0.15) is 12.4 Å². The molecule has 0 radical (unpaired) electrons. The van der Waals surface area contributed by atoms with Gasteiger partial charge >= 0.3 is 0 Å². The number of nitrogens with one attached hydrogen (secondary N) is 2. The second kappa shape index (κ2) is 13.8. The molecule has 0 spiro atoms. The molecule has 3 aromatic rings. The fraction of sp³-hybridized carbons (Fsp3) is 0.179. The van der Waals surface area contributed by atoms with Gasteiger partial charge < -0.3 is 19.5 Å². The van der Waals surface area contributed by atoms with Gasteiger partial charge in [-0.25, -0.2) is 5.43 Å². The SMILES string of the molecule is C=CCOc1ccc(C(=O)N/N=C/c2cc(Br)ccc2OCC(=O)Nc2cccc(C)c2)cc1OCC. The molecule has 0 fully saturated rings. The Balaban J connectivity index is 1.64. The molecule has 2 N–H and O–H groups in total. The number of hydrogen-bond acceptors (Lipinski definition) is 6. The molecule has 0 saturated heterocycles. The average molecular weight is 566 g/mol. The molecule has 8 nitrogen and oxygen atoms in total. The summed E-state index contributed by atoms with van der Waals surface area (Å²) in [5, 5.41) is 6.86. The minimum Gasteiger partial charge on any atom is -0.490 e. The Bertz CT molecular complexity index is 1290. The summed E-state index contributed by atoms with van der Waals surface area (Å²) in [6.45, 7) is 7.97. The summed E-state index contributed by atoms with van der Waals surface area (Å²) in [5.74, 6) is 0.678. The lowest BCUT2D eigenvalue weighted by Gasteiger charge is -2.12. The molecule has 0 saturated carbocycles. The van der Waals surface area contributed by atoms with Crippen molar-refractivity contribution in [3.8, 4) is 17.2 Å². The second-order valence-corrected chi connectivity index (χ2v) is 8.70. The van der Waals surface area contributed by atoms with Gasteiger partial charge in [-0.3, -0.25) is 9.59 Å². The zero-order chi connectivity index (χ0) is 26.6. The van der Waals surface area contributed by atoms with Gasteiger partial charge in [0.2, 0.25) is 0 Å². The van der Waals surface area contributed by atoms with Gasteiger partial charge in [-0.15, -0.1) is 0 Å². The van der Waals surface area contributed by atoms with Crippen molar-refractivity contribution < 1.29 is 23.8 Å². The Hall–Kier alpha value is -4.11. The molecular formula is C28H28BrN3O5. The van der Waals surface area contributed by atoms with Crippen LogP contribution in [-0.4, -0.2) is 37.8 Å². The van der Waals surface area contributed by atoms with E-state index >= 15 is 0 Å². The highest BCUT2D eigenvalue weighted by Crippen LogP contribution is 2.28. The topological polar surface area (TPSA) is 98.3 Å². The molecule has 0 atom stereocenters. The number of ether oxygens (including phenoxy) is 3. The number of anilines is 1. The van der Waals surface area contributed by atoms with Crippen molar-refractivity contribution in [3.05, 3.63) is 94.5 Å². The molecule has 3 rings (SSSR count). The van der Waals surface area contributed by atoms with Crippen LogP contribution < -0.4 is 25.0 Å². The van der Waals surface area contributed by atoms with E-state index in [9.17, 15) is 9.59 Å². The maximum absolute atomic E-state index is 12.7. The lowest BCUT2D eigenvalue weighted by molar-refractivity contribution is -0.118. The van der Waals surface area contributed by atoms with Crippen molar-refractivity contribution in [2.75, 3.05) is 25.1 Å². The number of halogens is 1. The van der Waals surface area contributed by atoms with E-state index in [1.807, 2.05) is 38.1 Å².